The first-order valence-electron chi connectivity index (χ1n) is 8.11. The predicted octanol–water partition coefficient (Wildman–Crippen LogP) is 4.35. The first-order valence-corrected chi connectivity index (χ1v) is 8.11. The third-order valence-corrected chi connectivity index (χ3v) is 4.20. The number of nitrogens with zero attached hydrogens (tertiary/aromatic N) is 3. The van der Waals surface area contributed by atoms with Crippen molar-refractivity contribution in [2.24, 2.45) is 11.3 Å². The summed E-state index contributed by atoms with van der Waals surface area (Å²) in [6.07, 6.45) is 7.47. The van der Waals surface area contributed by atoms with E-state index in [-0.39, 0.29) is 5.54 Å². The van der Waals surface area contributed by atoms with Crippen LogP contribution in [0.1, 0.15) is 78.6 Å². The zero-order chi connectivity index (χ0) is 15.0. The summed E-state index contributed by atoms with van der Waals surface area (Å²) >= 11 is 0. The summed E-state index contributed by atoms with van der Waals surface area (Å²) in [7, 11) is 0. The summed E-state index contributed by atoms with van der Waals surface area (Å²) in [6.45, 7) is 13.7. The Balaban J connectivity index is 2.15. The van der Waals surface area contributed by atoms with E-state index < -0.39 is 0 Å². The van der Waals surface area contributed by atoms with Crippen LogP contribution >= 0.6 is 0 Å². The van der Waals surface area contributed by atoms with Crippen molar-refractivity contribution in [2.45, 2.75) is 85.6 Å². The number of hydrogen-bond acceptors (Lipinski definition) is 2. The van der Waals surface area contributed by atoms with Crippen LogP contribution < -0.4 is 0 Å². The highest BCUT2D eigenvalue weighted by atomic mass is 15.5. The van der Waals surface area contributed by atoms with Gasteiger partial charge in [0.05, 0.1) is 16.9 Å². The second kappa shape index (κ2) is 5.50. The van der Waals surface area contributed by atoms with Gasteiger partial charge in [-0.2, -0.15) is 0 Å². The minimum atomic E-state index is 0.0410. The zero-order valence-electron chi connectivity index (χ0n) is 14.2. The maximum Gasteiger partial charge on any atom is 0.0859 e. The van der Waals surface area contributed by atoms with E-state index >= 15 is 0 Å². The molecule has 1 aliphatic carbocycles. The molecule has 1 heterocycles. The first-order chi connectivity index (χ1) is 9.17. The van der Waals surface area contributed by atoms with Crippen molar-refractivity contribution >= 4 is 0 Å². The third-order valence-electron chi connectivity index (χ3n) is 4.20. The fourth-order valence-electron chi connectivity index (χ4n) is 3.43. The highest BCUT2D eigenvalue weighted by Crippen LogP contribution is 2.33. The zero-order valence-corrected chi connectivity index (χ0v) is 14.2. The van der Waals surface area contributed by atoms with Crippen molar-refractivity contribution in [3.8, 4) is 0 Å². The maximum atomic E-state index is 4.44. The molecular formula is C17H31N3. The van der Waals surface area contributed by atoms with E-state index in [0.717, 1.165) is 18.8 Å². The predicted molar refractivity (Wildman–Crippen MR) is 83.8 cm³/mol. The van der Waals surface area contributed by atoms with Crippen LogP contribution in [-0.2, 0) is 18.4 Å². The molecule has 3 nitrogen and oxygen atoms in total. The molecule has 2 rings (SSSR count). The van der Waals surface area contributed by atoms with Gasteiger partial charge in [-0.15, -0.1) is 5.10 Å². The van der Waals surface area contributed by atoms with Crippen molar-refractivity contribution in [2.75, 3.05) is 0 Å². The molecule has 114 valence electrons. The molecule has 3 heteroatoms. The van der Waals surface area contributed by atoms with Crippen molar-refractivity contribution < 1.29 is 0 Å². The summed E-state index contributed by atoms with van der Waals surface area (Å²) in [5.41, 5.74) is 3.11. The van der Waals surface area contributed by atoms with E-state index in [1.807, 2.05) is 0 Å². The van der Waals surface area contributed by atoms with Crippen LogP contribution in [-0.4, -0.2) is 15.0 Å². The van der Waals surface area contributed by atoms with Gasteiger partial charge in [0.15, 0.2) is 0 Å². The number of rotatable bonds is 1. The van der Waals surface area contributed by atoms with Gasteiger partial charge in [-0.25, -0.2) is 4.68 Å². The molecule has 0 aromatic carbocycles. The lowest BCUT2D eigenvalue weighted by Gasteiger charge is -2.28. The lowest BCUT2D eigenvalue weighted by molar-refractivity contribution is 0.259. The average Bonchev–Trinajstić information content (AvgIpc) is 2.62. The van der Waals surface area contributed by atoms with Crippen LogP contribution in [0.4, 0.5) is 0 Å². The Hall–Kier alpha value is -0.860. The molecular weight excluding hydrogens is 246 g/mol. The maximum absolute atomic E-state index is 4.44. The van der Waals surface area contributed by atoms with Crippen LogP contribution in [0.25, 0.3) is 0 Å². The van der Waals surface area contributed by atoms with Gasteiger partial charge in [-0.1, -0.05) is 32.4 Å². The van der Waals surface area contributed by atoms with E-state index in [2.05, 4.69) is 56.5 Å². The second-order valence-corrected chi connectivity index (χ2v) is 8.63. The number of fused-ring (bicyclic) bond motifs is 1. The Morgan fingerprint density at radius 2 is 1.75 bits per heavy atom. The molecule has 1 aliphatic rings. The number of aromatic nitrogens is 3. The molecule has 0 radical (unpaired) electrons. The van der Waals surface area contributed by atoms with Crippen molar-refractivity contribution in [1.82, 2.24) is 15.0 Å². The molecule has 0 saturated heterocycles. The largest absolute Gasteiger partial charge is 0.244 e. The van der Waals surface area contributed by atoms with E-state index in [1.165, 1.54) is 37.1 Å². The van der Waals surface area contributed by atoms with Crippen LogP contribution in [0, 0.1) is 11.3 Å². The van der Waals surface area contributed by atoms with Crippen molar-refractivity contribution in [3.63, 3.8) is 0 Å². The molecule has 1 unspecified atom stereocenters. The Bertz CT molecular complexity index is 446. The molecule has 0 N–H and O–H groups in total. The number of aryl methyl sites for hydroxylation is 1. The molecule has 0 amide bonds. The molecule has 1 aromatic heterocycles. The summed E-state index contributed by atoms with van der Waals surface area (Å²) in [6, 6.07) is 0. The minimum Gasteiger partial charge on any atom is -0.244 e. The lowest BCUT2D eigenvalue weighted by atomic mass is 9.79. The topological polar surface area (TPSA) is 30.7 Å². The highest BCUT2D eigenvalue weighted by Gasteiger charge is 2.26. The smallest absolute Gasteiger partial charge is 0.0859 e. The normalized spacial score (nSPS) is 21.2. The van der Waals surface area contributed by atoms with Crippen LogP contribution in [0.15, 0.2) is 0 Å². The van der Waals surface area contributed by atoms with Gasteiger partial charge in [-0.05, 0) is 64.2 Å². The third kappa shape index (κ3) is 3.83. The molecule has 1 aromatic rings. The molecule has 0 saturated carbocycles. The molecule has 0 aliphatic heterocycles. The van der Waals surface area contributed by atoms with E-state index in [1.54, 1.807) is 0 Å². The summed E-state index contributed by atoms with van der Waals surface area (Å²) in [5.74, 6) is 0.853. The standard InChI is InChI=1S/C17H31N3/c1-16(2,3)12-13-8-7-9-14-15(11-10-13)20(19-18-14)17(4,5)6/h13H,7-12H2,1-6H3. The lowest BCUT2D eigenvalue weighted by Crippen LogP contribution is -2.26. The Morgan fingerprint density at radius 1 is 1.05 bits per heavy atom. The minimum absolute atomic E-state index is 0.0410. The Kier molecular flexibility index (Phi) is 4.27. The van der Waals surface area contributed by atoms with Gasteiger partial charge in [0.25, 0.3) is 0 Å². The Morgan fingerprint density at radius 3 is 2.35 bits per heavy atom. The SMILES string of the molecule is CC(C)(C)CC1CCCc2nnn(C(C)(C)C)c2CC1. The van der Waals surface area contributed by atoms with Gasteiger partial charge in [0.1, 0.15) is 0 Å². The molecule has 20 heavy (non-hydrogen) atoms. The Labute approximate surface area is 124 Å². The first kappa shape index (κ1) is 15.5. The summed E-state index contributed by atoms with van der Waals surface area (Å²) in [5, 5.41) is 8.86. The van der Waals surface area contributed by atoms with Gasteiger partial charge in [0, 0.05) is 0 Å². The fraction of sp³-hybridized carbons (Fsp3) is 0.882. The van der Waals surface area contributed by atoms with Gasteiger partial charge in [-0.3, -0.25) is 0 Å². The average molecular weight is 277 g/mol. The molecule has 0 spiro atoms. The highest BCUT2D eigenvalue weighted by molar-refractivity contribution is 5.13. The van der Waals surface area contributed by atoms with Crippen LogP contribution in [0.2, 0.25) is 0 Å². The molecule has 0 bridgehead atoms. The van der Waals surface area contributed by atoms with Gasteiger partial charge >= 0.3 is 0 Å². The van der Waals surface area contributed by atoms with E-state index in [9.17, 15) is 0 Å². The van der Waals surface area contributed by atoms with Crippen LogP contribution in [0.3, 0.4) is 0 Å². The van der Waals surface area contributed by atoms with Gasteiger partial charge in [0.2, 0.25) is 0 Å². The van der Waals surface area contributed by atoms with Crippen molar-refractivity contribution in [1.29, 1.82) is 0 Å². The van der Waals surface area contributed by atoms with E-state index in [0.29, 0.717) is 5.41 Å². The fourth-order valence-corrected chi connectivity index (χ4v) is 3.43. The monoisotopic (exact) mass is 277 g/mol. The second-order valence-electron chi connectivity index (χ2n) is 8.63. The van der Waals surface area contributed by atoms with Crippen molar-refractivity contribution in [3.05, 3.63) is 11.4 Å². The summed E-state index contributed by atoms with van der Waals surface area (Å²) in [4.78, 5) is 0. The van der Waals surface area contributed by atoms with Gasteiger partial charge < -0.3 is 0 Å². The van der Waals surface area contributed by atoms with Crippen LogP contribution in [0.5, 0.6) is 0 Å². The molecule has 1 atom stereocenters. The quantitative estimate of drug-likeness (QED) is 0.764. The summed E-state index contributed by atoms with van der Waals surface area (Å²) < 4.78 is 2.15. The van der Waals surface area contributed by atoms with E-state index in [4.69, 9.17) is 0 Å². The molecule has 0 fully saturated rings. The number of hydrogen-bond donors (Lipinski definition) is 0.